The van der Waals surface area contributed by atoms with Gasteiger partial charge in [0, 0.05) is 17.3 Å². The molecule has 1 aromatic carbocycles. The first-order valence-corrected chi connectivity index (χ1v) is 7.32. The number of hydrogen-bond acceptors (Lipinski definition) is 4. The van der Waals surface area contributed by atoms with Crippen LogP contribution in [0.4, 0.5) is 5.69 Å². The van der Waals surface area contributed by atoms with Gasteiger partial charge in [0.15, 0.2) is 0 Å². The minimum absolute atomic E-state index is 0.0783. The smallest absolute Gasteiger partial charge is 0.315 e. The number of carbonyl (C=O) groups is 3. The number of anilines is 1. The third-order valence-electron chi connectivity index (χ3n) is 3.01. The Morgan fingerprint density at radius 3 is 2.59 bits per heavy atom. The first-order valence-electron chi connectivity index (χ1n) is 7.32. The molecule has 0 aliphatic carbocycles. The van der Waals surface area contributed by atoms with E-state index in [9.17, 15) is 14.4 Å². The van der Waals surface area contributed by atoms with Gasteiger partial charge < -0.3 is 15.4 Å². The Hall–Kier alpha value is -2.37. The number of rotatable bonds is 7. The lowest BCUT2D eigenvalue weighted by molar-refractivity contribution is -0.145. The number of amides is 2. The minimum atomic E-state index is -0.578. The van der Waals surface area contributed by atoms with E-state index in [1.807, 2.05) is 13.8 Å². The Balaban J connectivity index is 2.66. The van der Waals surface area contributed by atoms with Crippen LogP contribution in [0.2, 0.25) is 0 Å². The zero-order valence-corrected chi connectivity index (χ0v) is 13.1. The van der Waals surface area contributed by atoms with Crippen LogP contribution in [0.25, 0.3) is 0 Å². The first-order chi connectivity index (χ1) is 10.5. The summed E-state index contributed by atoms with van der Waals surface area (Å²) in [4.78, 5) is 34.9. The molecule has 0 bridgehead atoms. The molecular weight excluding hydrogens is 284 g/mol. The highest BCUT2D eigenvalue weighted by atomic mass is 16.5. The summed E-state index contributed by atoms with van der Waals surface area (Å²) in [6, 6.07) is 6.64. The molecule has 0 radical (unpaired) electrons. The third kappa shape index (κ3) is 5.95. The highest BCUT2D eigenvalue weighted by Crippen LogP contribution is 2.11. The number of ether oxygens (including phenoxy) is 1. The Kier molecular flexibility index (Phi) is 7.08. The van der Waals surface area contributed by atoms with Crippen LogP contribution in [-0.2, 0) is 14.3 Å². The lowest BCUT2D eigenvalue weighted by atomic mass is 10.1. The fraction of sp³-hybridized carbons (Fsp3) is 0.438. The SMILES string of the molecule is CCOC(=O)CC(=O)Nc1cccc(C(=O)N[C@@H](C)CC)c1. The maximum atomic E-state index is 12.0. The largest absolute Gasteiger partial charge is 0.466 e. The summed E-state index contributed by atoms with van der Waals surface area (Å²) in [5.74, 6) is -1.25. The molecule has 22 heavy (non-hydrogen) atoms. The van der Waals surface area contributed by atoms with Crippen LogP contribution in [-0.4, -0.2) is 30.4 Å². The van der Waals surface area contributed by atoms with Crippen LogP contribution in [0.1, 0.15) is 44.0 Å². The maximum Gasteiger partial charge on any atom is 0.315 e. The second-order valence-electron chi connectivity index (χ2n) is 4.89. The maximum absolute atomic E-state index is 12.0. The number of carbonyl (C=O) groups excluding carboxylic acids is 3. The van der Waals surface area contributed by atoms with Crippen LogP contribution >= 0.6 is 0 Å². The highest BCUT2D eigenvalue weighted by Gasteiger charge is 2.12. The van der Waals surface area contributed by atoms with Crippen LogP contribution in [0.15, 0.2) is 24.3 Å². The number of esters is 1. The predicted octanol–water partition coefficient (Wildman–Crippen LogP) is 2.11. The summed E-state index contributed by atoms with van der Waals surface area (Å²) in [6.45, 7) is 5.81. The predicted molar refractivity (Wildman–Crippen MR) is 83.5 cm³/mol. The number of nitrogens with one attached hydrogen (secondary N) is 2. The molecule has 0 spiro atoms. The highest BCUT2D eigenvalue weighted by molar-refractivity contribution is 6.02. The average molecular weight is 306 g/mol. The molecule has 2 amide bonds. The molecule has 120 valence electrons. The Morgan fingerprint density at radius 1 is 1.23 bits per heavy atom. The van der Waals surface area contributed by atoms with Gasteiger partial charge in [-0.1, -0.05) is 13.0 Å². The van der Waals surface area contributed by atoms with Crippen molar-refractivity contribution in [2.45, 2.75) is 39.7 Å². The normalized spacial score (nSPS) is 11.4. The van der Waals surface area contributed by atoms with E-state index in [0.29, 0.717) is 11.3 Å². The van der Waals surface area contributed by atoms with Gasteiger partial charge in [0.1, 0.15) is 6.42 Å². The summed E-state index contributed by atoms with van der Waals surface area (Å²) in [7, 11) is 0. The first kappa shape index (κ1) is 17.7. The molecule has 0 aliphatic heterocycles. The van der Waals surface area contributed by atoms with Crippen LogP contribution in [0, 0.1) is 0 Å². The number of benzene rings is 1. The molecule has 0 aliphatic rings. The Morgan fingerprint density at radius 2 is 1.95 bits per heavy atom. The monoisotopic (exact) mass is 306 g/mol. The van der Waals surface area contributed by atoms with E-state index in [0.717, 1.165) is 6.42 Å². The topological polar surface area (TPSA) is 84.5 Å². The molecular formula is C16H22N2O4. The second-order valence-corrected chi connectivity index (χ2v) is 4.89. The van der Waals surface area contributed by atoms with E-state index in [1.165, 1.54) is 0 Å². The molecule has 6 heteroatoms. The molecule has 0 fully saturated rings. The summed E-state index contributed by atoms with van der Waals surface area (Å²) in [5.41, 5.74) is 0.917. The van der Waals surface area contributed by atoms with Crippen LogP contribution < -0.4 is 10.6 Å². The molecule has 0 unspecified atom stereocenters. The van der Waals surface area contributed by atoms with Gasteiger partial charge in [0.2, 0.25) is 5.91 Å². The molecule has 0 saturated heterocycles. The lowest BCUT2D eigenvalue weighted by Gasteiger charge is -2.12. The quantitative estimate of drug-likeness (QED) is 0.597. The summed E-state index contributed by atoms with van der Waals surface area (Å²) >= 11 is 0. The average Bonchev–Trinajstić information content (AvgIpc) is 2.47. The van der Waals surface area contributed by atoms with Crippen molar-refractivity contribution < 1.29 is 19.1 Å². The molecule has 2 N–H and O–H groups in total. The van der Waals surface area contributed by atoms with Gasteiger partial charge in [-0.3, -0.25) is 14.4 Å². The second kappa shape index (κ2) is 8.81. The fourth-order valence-corrected chi connectivity index (χ4v) is 1.70. The molecule has 0 heterocycles. The summed E-state index contributed by atoms with van der Waals surface area (Å²) in [6.07, 6.45) is 0.485. The van der Waals surface area contributed by atoms with Crippen molar-refractivity contribution in [2.75, 3.05) is 11.9 Å². The molecule has 1 atom stereocenters. The van der Waals surface area contributed by atoms with Crippen molar-refractivity contribution in [3.8, 4) is 0 Å². The van der Waals surface area contributed by atoms with Gasteiger partial charge in [-0.15, -0.1) is 0 Å². The van der Waals surface area contributed by atoms with Gasteiger partial charge in [-0.2, -0.15) is 0 Å². The van der Waals surface area contributed by atoms with E-state index >= 15 is 0 Å². The van der Waals surface area contributed by atoms with E-state index in [1.54, 1.807) is 31.2 Å². The van der Waals surface area contributed by atoms with Crippen molar-refractivity contribution in [1.29, 1.82) is 0 Å². The van der Waals surface area contributed by atoms with Gasteiger partial charge in [-0.25, -0.2) is 0 Å². The standard InChI is InChI=1S/C16H22N2O4/c1-4-11(3)17-16(21)12-7-6-8-13(9-12)18-14(19)10-15(20)22-5-2/h6-9,11H,4-5,10H2,1-3H3,(H,17,21)(H,18,19)/t11-/m0/s1. The van der Waals surface area contributed by atoms with Crippen molar-refractivity contribution in [3.63, 3.8) is 0 Å². The van der Waals surface area contributed by atoms with Crippen molar-refractivity contribution in [2.24, 2.45) is 0 Å². The van der Waals surface area contributed by atoms with E-state index in [2.05, 4.69) is 10.6 Å². The van der Waals surface area contributed by atoms with Crippen molar-refractivity contribution >= 4 is 23.5 Å². The molecule has 1 aromatic rings. The summed E-state index contributed by atoms with van der Waals surface area (Å²) in [5, 5.41) is 5.42. The van der Waals surface area contributed by atoms with Gasteiger partial charge >= 0.3 is 5.97 Å². The fourth-order valence-electron chi connectivity index (χ4n) is 1.70. The molecule has 0 saturated carbocycles. The minimum Gasteiger partial charge on any atom is -0.466 e. The van der Waals surface area contributed by atoms with E-state index in [4.69, 9.17) is 4.74 Å². The molecule has 6 nitrogen and oxygen atoms in total. The van der Waals surface area contributed by atoms with Gasteiger partial charge in [-0.05, 0) is 38.5 Å². The van der Waals surface area contributed by atoms with Gasteiger partial charge in [0.05, 0.1) is 6.61 Å². The molecule has 1 rings (SSSR count). The Bertz CT molecular complexity index is 543. The zero-order valence-electron chi connectivity index (χ0n) is 13.1. The van der Waals surface area contributed by atoms with Crippen molar-refractivity contribution in [1.82, 2.24) is 5.32 Å². The number of hydrogen-bond donors (Lipinski definition) is 2. The van der Waals surface area contributed by atoms with Crippen LogP contribution in [0.3, 0.4) is 0 Å². The van der Waals surface area contributed by atoms with Crippen molar-refractivity contribution in [3.05, 3.63) is 29.8 Å². The van der Waals surface area contributed by atoms with E-state index in [-0.39, 0.29) is 25.0 Å². The van der Waals surface area contributed by atoms with E-state index < -0.39 is 11.9 Å². The third-order valence-corrected chi connectivity index (χ3v) is 3.01. The summed E-state index contributed by atoms with van der Waals surface area (Å²) < 4.78 is 4.70. The lowest BCUT2D eigenvalue weighted by Crippen LogP contribution is -2.31. The zero-order chi connectivity index (χ0) is 16.5. The van der Waals surface area contributed by atoms with Gasteiger partial charge in [0.25, 0.3) is 5.91 Å². The molecule has 0 aromatic heterocycles. The van der Waals surface area contributed by atoms with Crippen LogP contribution in [0.5, 0.6) is 0 Å². The Labute approximate surface area is 130 Å².